The zero-order chi connectivity index (χ0) is 15.7. The van der Waals surface area contributed by atoms with Crippen LogP contribution in [-0.4, -0.2) is 26.2 Å². The number of carbonyl (C=O) groups excluding carboxylic acids is 2. The summed E-state index contributed by atoms with van der Waals surface area (Å²) >= 11 is 0. The van der Waals surface area contributed by atoms with E-state index in [2.05, 4.69) is 4.74 Å². The minimum Gasteiger partial charge on any atom is -0.469 e. The summed E-state index contributed by atoms with van der Waals surface area (Å²) in [7, 11) is 2.66. The Morgan fingerprint density at radius 1 is 0.950 bits per heavy atom. The minimum absolute atomic E-state index is 0.110. The molecular formula is C16H24O4. The smallest absolute Gasteiger partial charge is 0.334 e. The Morgan fingerprint density at radius 2 is 1.55 bits per heavy atom. The summed E-state index contributed by atoms with van der Waals surface area (Å²) in [6.45, 7) is 7.70. The summed E-state index contributed by atoms with van der Waals surface area (Å²) in [5.74, 6) is -1.15. The van der Waals surface area contributed by atoms with Crippen molar-refractivity contribution in [1.29, 1.82) is 0 Å². The molecule has 0 spiro atoms. The lowest BCUT2D eigenvalue weighted by Crippen LogP contribution is -2.17. The summed E-state index contributed by atoms with van der Waals surface area (Å²) in [5.41, 5.74) is 2.52. The Kier molecular flexibility index (Phi) is 8.29. The quantitative estimate of drug-likeness (QED) is 0.324. The number of hydrogen-bond acceptors (Lipinski definition) is 4. The SMILES string of the molecule is COC(=O)CC(C=C(C)C)/C(=C\C=C(C)C)C(=O)OC. The van der Waals surface area contributed by atoms with Crippen molar-refractivity contribution in [2.75, 3.05) is 14.2 Å². The average Bonchev–Trinajstić information content (AvgIpc) is 2.37. The molecule has 1 unspecified atom stereocenters. The topological polar surface area (TPSA) is 52.6 Å². The van der Waals surface area contributed by atoms with E-state index in [-0.39, 0.29) is 18.3 Å². The van der Waals surface area contributed by atoms with E-state index >= 15 is 0 Å². The van der Waals surface area contributed by atoms with Gasteiger partial charge in [-0.3, -0.25) is 4.79 Å². The Bertz CT molecular complexity index is 433. The van der Waals surface area contributed by atoms with Gasteiger partial charge in [-0.25, -0.2) is 4.79 Å². The molecule has 0 aliphatic heterocycles. The van der Waals surface area contributed by atoms with Crippen molar-refractivity contribution in [2.45, 2.75) is 34.1 Å². The lowest BCUT2D eigenvalue weighted by Gasteiger charge is -2.15. The predicted molar refractivity (Wildman–Crippen MR) is 79.1 cm³/mol. The monoisotopic (exact) mass is 280 g/mol. The zero-order valence-corrected chi connectivity index (χ0v) is 13.1. The highest BCUT2D eigenvalue weighted by Gasteiger charge is 2.22. The van der Waals surface area contributed by atoms with E-state index in [1.807, 2.05) is 39.8 Å². The van der Waals surface area contributed by atoms with E-state index in [0.717, 1.165) is 11.1 Å². The molecule has 0 aliphatic rings. The van der Waals surface area contributed by atoms with Crippen LogP contribution in [-0.2, 0) is 19.1 Å². The van der Waals surface area contributed by atoms with Crippen LogP contribution in [0.25, 0.3) is 0 Å². The third-order valence-electron chi connectivity index (χ3n) is 2.57. The summed E-state index contributed by atoms with van der Waals surface area (Å²) < 4.78 is 9.49. The van der Waals surface area contributed by atoms with Gasteiger partial charge in [0.2, 0.25) is 0 Å². The van der Waals surface area contributed by atoms with Crippen molar-refractivity contribution in [3.8, 4) is 0 Å². The Morgan fingerprint density at radius 3 is 1.95 bits per heavy atom. The van der Waals surface area contributed by atoms with Gasteiger partial charge < -0.3 is 9.47 Å². The van der Waals surface area contributed by atoms with Crippen LogP contribution >= 0.6 is 0 Å². The molecule has 4 nitrogen and oxygen atoms in total. The number of hydrogen-bond donors (Lipinski definition) is 0. The van der Waals surface area contributed by atoms with Gasteiger partial charge in [0, 0.05) is 11.5 Å². The van der Waals surface area contributed by atoms with Crippen LogP contribution in [0.15, 0.2) is 34.9 Å². The van der Waals surface area contributed by atoms with Crippen LogP contribution in [0.5, 0.6) is 0 Å². The van der Waals surface area contributed by atoms with Crippen LogP contribution < -0.4 is 0 Å². The van der Waals surface area contributed by atoms with Gasteiger partial charge in [-0.1, -0.05) is 29.4 Å². The van der Waals surface area contributed by atoms with Gasteiger partial charge in [-0.05, 0) is 27.7 Å². The minimum atomic E-state index is -0.436. The number of allylic oxidation sites excluding steroid dienone is 5. The van der Waals surface area contributed by atoms with Crippen LogP contribution in [0.1, 0.15) is 34.1 Å². The third kappa shape index (κ3) is 6.92. The maximum atomic E-state index is 11.9. The van der Waals surface area contributed by atoms with E-state index in [4.69, 9.17) is 4.74 Å². The maximum Gasteiger partial charge on any atom is 0.334 e. The summed E-state index contributed by atoms with van der Waals surface area (Å²) in [6, 6.07) is 0. The van der Waals surface area contributed by atoms with Crippen LogP contribution in [0.2, 0.25) is 0 Å². The normalized spacial score (nSPS) is 12.2. The van der Waals surface area contributed by atoms with Gasteiger partial charge in [-0.15, -0.1) is 0 Å². The lowest BCUT2D eigenvalue weighted by molar-refractivity contribution is -0.141. The highest BCUT2D eigenvalue weighted by atomic mass is 16.5. The van der Waals surface area contributed by atoms with Crippen LogP contribution in [0.4, 0.5) is 0 Å². The molecule has 0 rings (SSSR count). The highest BCUT2D eigenvalue weighted by Crippen LogP contribution is 2.21. The molecule has 0 heterocycles. The fraction of sp³-hybridized carbons (Fsp3) is 0.500. The van der Waals surface area contributed by atoms with Gasteiger partial charge in [0.05, 0.1) is 20.6 Å². The molecule has 0 bridgehead atoms. The molecular weight excluding hydrogens is 256 g/mol. The number of ether oxygens (including phenoxy) is 2. The molecule has 4 heteroatoms. The fourth-order valence-electron chi connectivity index (χ4n) is 1.64. The van der Waals surface area contributed by atoms with Gasteiger partial charge in [0.25, 0.3) is 0 Å². The highest BCUT2D eigenvalue weighted by molar-refractivity contribution is 5.90. The molecule has 0 N–H and O–H groups in total. The molecule has 0 amide bonds. The average molecular weight is 280 g/mol. The second-order valence-corrected chi connectivity index (χ2v) is 4.99. The molecule has 0 aromatic heterocycles. The van der Waals surface area contributed by atoms with Crippen molar-refractivity contribution in [2.24, 2.45) is 5.92 Å². The fourth-order valence-corrected chi connectivity index (χ4v) is 1.64. The van der Waals surface area contributed by atoms with E-state index in [9.17, 15) is 9.59 Å². The first-order valence-electron chi connectivity index (χ1n) is 6.47. The molecule has 112 valence electrons. The zero-order valence-electron chi connectivity index (χ0n) is 13.1. The first kappa shape index (κ1) is 18.2. The molecule has 0 saturated heterocycles. The Balaban J connectivity index is 5.56. The summed E-state index contributed by atoms with van der Waals surface area (Å²) in [6.07, 6.45) is 5.52. The number of esters is 2. The molecule has 1 atom stereocenters. The largest absolute Gasteiger partial charge is 0.469 e. The summed E-state index contributed by atoms with van der Waals surface area (Å²) in [4.78, 5) is 23.4. The second-order valence-electron chi connectivity index (χ2n) is 4.99. The van der Waals surface area contributed by atoms with Gasteiger partial charge in [0.1, 0.15) is 0 Å². The molecule has 0 fully saturated rings. The number of rotatable bonds is 6. The Labute approximate surface area is 121 Å². The van der Waals surface area contributed by atoms with Crippen molar-refractivity contribution in [3.05, 3.63) is 34.9 Å². The van der Waals surface area contributed by atoms with Crippen molar-refractivity contribution in [3.63, 3.8) is 0 Å². The summed E-state index contributed by atoms with van der Waals surface area (Å²) in [5, 5.41) is 0. The predicted octanol–water partition coefficient (Wildman–Crippen LogP) is 3.20. The first-order valence-corrected chi connectivity index (χ1v) is 6.47. The first-order chi connectivity index (χ1) is 9.31. The lowest BCUT2D eigenvalue weighted by atomic mass is 9.92. The standard InChI is InChI=1S/C16H24O4/c1-11(2)7-8-14(16(18)20-6)13(9-12(3)4)10-15(17)19-5/h7-9,13H,10H2,1-6H3/b14-8+. The van der Waals surface area contributed by atoms with Crippen molar-refractivity contribution < 1.29 is 19.1 Å². The van der Waals surface area contributed by atoms with Gasteiger partial charge in [-0.2, -0.15) is 0 Å². The van der Waals surface area contributed by atoms with Gasteiger partial charge >= 0.3 is 11.9 Å². The number of carbonyl (C=O) groups is 2. The van der Waals surface area contributed by atoms with Crippen molar-refractivity contribution in [1.82, 2.24) is 0 Å². The molecule has 20 heavy (non-hydrogen) atoms. The van der Waals surface area contributed by atoms with E-state index in [1.54, 1.807) is 6.08 Å². The molecule has 0 aromatic carbocycles. The Hall–Kier alpha value is -1.84. The van der Waals surface area contributed by atoms with Gasteiger partial charge in [0.15, 0.2) is 0 Å². The third-order valence-corrected chi connectivity index (χ3v) is 2.57. The maximum absolute atomic E-state index is 11.9. The van der Waals surface area contributed by atoms with E-state index < -0.39 is 5.97 Å². The van der Waals surface area contributed by atoms with E-state index in [0.29, 0.717) is 5.57 Å². The molecule has 0 radical (unpaired) electrons. The molecule has 0 aliphatic carbocycles. The van der Waals surface area contributed by atoms with Crippen LogP contribution in [0, 0.1) is 5.92 Å². The molecule has 0 aromatic rings. The number of methoxy groups -OCH3 is 2. The second kappa shape index (κ2) is 9.13. The molecule has 0 saturated carbocycles. The van der Waals surface area contributed by atoms with Crippen molar-refractivity contribution >= 4 is 11.9 Å². The van der Waals surface area contributed by atoms with E-state index in [1.165, 1.54) is 14.2 Å². The van der Waals surface area contributed by atoms with Crippen LogP contribution in [0.3, 0.4) is 0 Å².